The minimum absolute atomic E-state index is 0.543. The third-order valence-corrected chi connectivity index (χ3v) is 5.80. The lowest BCUT2D eigenvalue weighted by molar-refractivity contribution is 0.155. The van der Waals surface area contributed by atoms with E-state index in [0.717, 1.165) is 38.2 Å². The van der Waals surface area contributed by atoms with E-state index < -0.39 is 0 Å². The summed E-state index contributed by atoms with van der Waals surface area (Å²) < 4.78 is 6.02. The molecular weight excluding hydrogens is 346 g/mol. The quantitative estimate of drug-likeness (QED) is 0.598. The monoisotopic (exact) mass is 375 g/mol. The van der Waals surface area contributed by atoms with E-state index in [9.17, 15) is 0 Å². The molecule has 0 aliphatic heterocycles. The summed E-state index contributed by atoms with van der Waals surface area (Å²) in [4.78, 5) is 2.53. The third kappa shape index (κ3) is 4.33. The standard InChI is InChI=1S/C24H29N3O/c1-3-14-27(22-13-12-19-9-6-7-11-21(19)15-22)17-24-26-25-23(28-24)16-20-10-5-4-8-18(20)2/h4-11,22H,3,12-17H2,1-2H3. The Morgan fingerprint density at radius 2 is 1.75 bits per heavy atom. The molecular formula is C24H29N3O. The van der Waals surface area contributed by atoms with E-state index in [4.69, 9.17) is 4.42 Å². The molecule has 1 unspecified atom stereocenters. The Balaban J connectivity index is 1.44. The molecule has 1 aromatic heterocycles. The van der Waals surface area contributed by atoms with Gasteiger partial charge in [0.25, 0.3) is 0 Å². The molecule has 0 saturated heterocycles. The van der Waals surface area contributed by atoms with Gasteiger partial charge in [-0.1, -0.05) is 55.5 Å². The van der Waals surface area contributed by atoms with Crippen molar-refractivity contribution in [3.05, 3.63) is 82.6 Å². The molecule has 0 bridgehead atoms. The molecule has 1 atom stereocenters. The van der Waals surface area contributed by atoms with Crippen molar-refractivity contribution in [2.24, 2.45) is 0 Å². The molecule has 1 aliphatic rings. The number of rotatable bonds is 7. The van der Waals surface area contributed by atoms with Crippen molar-refractivity contribution in [2.45, 2.75) is 58.5 Å². The van der Waals surface area contributed by atoms with Crippen molar-refractivity contribution in [1.29, 1.82) is 0 Å². The fraction of sp³-hybridized carbons (Fsp3) is 0.417. The number of hydrogen-bond donors (Lipinski definition) is 0. The largest absolute Gasteiger partial charge is 0.424 e. The van der Waals surface area contributed by atoms with Crippen LogP contribution in [-0.4, -0.2) is 27.7 Å². The van der Waals surface area contributed by atoms with Crippen LogP contribution in [-0.2, 0) is 25.8 Å². The number of aryl methyl sites for hydroxylation is 2. The summed E-state index contributed by atoms with van der Waals surface area (Å²) in [7, 11) is 0. The highest BCUT2D eigenvalue weighted by Crippen LogP contribution is 2.25. The van der Waals surface area contributed by atoms with Gasteiger partial charge < -0.3 is 4.42 Å². The SMILES string of the molecule is CCCN(Cc1nnc(Cc2ccccc2C)o1)C1CCc2ccccc2C1. The van der Waals surface area contributed by atoms with Crippen LogP contribution in [0.4, 0.5) is 0 Å². The Morgan fingerprint density at radius 1 is 1.00 bits per heavy atom. The highest BCUT2D eigenvalue weighted by Gasteiger charge is 2.25. The average Bonchev–Trinajstić information content (AvgIpc) is 3.16. The molecule has 1 aliphatic carbocycles. The molecule has 146 valence electrons. The lowest BCUT2D eigenvalue weighted by Gasteiger charge is -2.34. The number of hydrogen-bond acceptors (Lipinski definition) is 4. The van der Waals surface area contributed by atoms with Gasteiger partial charge in [0.1, 0.15) is 0 Å². The van der Waals surface area contributed by atoms with Crippen molar-refractivity contribution < 1.29 is 4.42 Å². The van der Waals surface area contributed by atoms with Gasteiger partial charge in [0.15, 0.2) is 0 Å². The minimum Gasteiger partial charge on any atom is -0.424 e. The molecule has 0 radical (unpaired) electrons. The molecule has 0 fully saturated rings. The summed E-state index contributed by atoms with van der Waals surface area (Å²) in [5, 5.41) is 8.65. The van der Waals surface area contributed by atoms with Gasteiger partial charge in [0, 0.05) is 6.04 Å². The molecule has 0 amide bonds. The molecule has 1 heterocycles. The first kappa shape index (κ1) is 18.9. The number of benzene rings is 2. The average molecular weight is 376 g/mol. The molecule has 3 aromatic rings. The van der Waals surface area contributed by atoms with Crippen LogP contribution < -0.4 is 0 Å². The highest BCUT2D eigenvalue weighted by molar-refractivity contribution is 5.30. The van der Waals surface area contributed by atoms with Crippen LogP contribution in [0.5, 0.6) is 0 Å². The van der Waals surface area contributed by atoms with Crippen LogP contribution in [0, 0.1) is 6.92 Å². The predicted molar refractivity (Wildman–Crippen MR) is 111 cm³/mol. The zero-order valence-corrected chi connectivity index (χ0v) is 16.9. The van der Waals surface area contributed by atoms with Gasteiger partial charge in [0.05, 0.1) is 13.0 Å². The van der Waals surface area contributed by atoms with E-state index >= 15 is 0 Å². The topological polar surface area (TPSA) is 42.2 Å². The summed E-state index contributed by atoms with van der Waals surface area (Å²) in [6.07, 6.45) is 5.29. The van der Waals surface area contributed by atoms with Gasteiger partial charge in [-0.15, -0.1) is 10.2 Å². The molecule has 4 nitrogen and oxygen atoms in total. The van der Waals surface area contributed by atoms with Crippen LogP contribution in [0.2, 0.25) is 0 Å². The van der Waals surface area contributed by atoms with E-state index in [1.807, 2.05) is 0 Å². The number of fused-ring (bicyclic) bond motifs is 1. The second kappa shape index (κ2) is 8.70. The maximum Gasteiger partial charge on any atom is 0.230 e. The molecule has 0 spiro atoms. The van der Waals surface area contributed by atoms with Crippen molar-refractivity contribution in [1.82, 2.24) is 15.1 Å². The second-order valence-corrected chi connectivity index (χ2v) is 7.83. The summed E-state index contributed by atoms with van der Waals surface area (Å²) in [6.45, 7) is 6.15. The van der Waals surface area contributed by atoms with Crippen LogP contribution in [0.3, 0.4) is 0 Å². The van der Waals surface area contributed by atoms with E-state index in [-0.39, 0.29) is 0 Å². The summed E-state index contributed by atoms with van der Waals surface area (Å²) in [6, 6.07) is 17.8. The Hall–Kier alpha value is -2.46. The lowest BCUT2D eigenvalue weighted by atomic mass is 9.87. The van der Waals surface area contributed by atoms with Crippen LogP contribution in [0.25, 0.3) is 0 Å². The smallest absolute Gasteiger partial charge is 0.230 e. The van der Waals surface area contributed by atoms with Gasteiger partial charge in [-0.05, 0) is 61.4 Å². The Labute approximate surface area is 167 Å². The van der Waals surface area contributed by atoms with Gasteiger partial charge >= 0.3 is 0 Å². The van der Waals surface area contributed by atoms with Gasteiger partial charge in [-0.25, -0.2) is 0 Å². The summed E-state index contributed by atoms with van der Waals surface area (Å²) in [5.41, 5.74) is 5.50. The Morgan fingerprint density at radius 3 is 2.57 bits per heavy atom. The summed E-state index contributed by atoms with van der Waals surface area (Å²) >= 11 is 0. The Bertz CT molecular complexity index is 917. The van der Waals surface area contributed by atoms with E-state index in [0.29, 0.717) is 18.4 Å². The second-order valence-electron chi connectivity index (χ2n) is 7.83. The number of nitrogens with zero attached hydrogens (tertiary/aromatic N) is 3. The first-order chi connectivity index (χ1) is 13.7. The highest BCUT2D eigenvalue weighted by atomic mass is 16.4. The van der Waals surface area contributed by atoms with Crippen molar-refractivity contribution in [3.63, 3.8) is 0 Å². The van der Waals surface area contributed by atoms with Crippen molar-refractivity contribution >= 4 is 0 Å². The van der Waals surface area contributed by atoms with Gasteiger partial charge in [-0.3, -0.25) is 4.90 Å². The fourth-order valence-electron chi connectivity index (χ4n) is 4.24. The number of aromatic nitrogens is 2. The normalized spacial score (nSPS) is 16.3. The van der Waals surface area contributed by atoms with Crippen LogP contribution in [0.1, 0.15) is 53.8 Å². The maximum absolute atomic E-state index is 6.02. The van der Waals surface area contributed by atoms with Crippen LogP contribution in [0.15, 0.2) is 52.9 Å². The van der Waals surface area contributed by atoms with E-state index in [1.165, 1.54) is 28.7 Å². The zero-order chi connectivity index (χ0) is 19.3. The fourth-order valence-corrected chi connectivity index (χ4v) is 4.24. The molecule has 2 aromatic carbocycles. The predicted octanol–water partition coefficient (Wildman–Crippen LogP) is 4.74. The molecule has 0 N–H and O–H groups in total. The van der Waals surface area contributed by atoms with Crippen LogP contribution >= 0.6 is 0 Å². The molecule has 0 saturated carbocycles. The van der Waals surface area contributed by atoms with Crippen molar-refractivity contribution in [3.8, 4) is 0 Å². The zero-order valence-electron chi connectivity index (χ0n) is 16.9. The lowest BCUT2D eigenvalue weighted by Crippen LogP contribution is -2.39. The van der Waals surface area contributed by atoms with E-state index in [1.54, 1.807) is 0 Å². The molecule has 4 heteroatoms. The van der Waals surface area contributed by atoms with Crippen molar-refractivity contribution in [2.75, 3.05) is 6.54 Å². The van der Waals surface area contributed by atoms with E-state index in [2.05, 4.69) is 77.5 Å². The molecule has 4 rings (SSSR count). The third-order valence-electron chi connectivity index (χ3n) is 5.80. The molecule has 28 heavy (non-hydrogen) atoms. The first-order valence-corrected chi connectivity index (χ1v) is 10.4. The Kier molecular flexibility index (Phi) is 5.87. The first-order valence-electron chi connectivity index (χ1n) is 10.4. The minimum atomic E-state index is 0.543. The van der Waals surface area contributed by atoms with Gasteiger partial charge in [-0.2, -0.15) is 0 Å². The maximum atomic E-state index is 6.02. The van der Waals surface area contributed by atoms with Gasteiger partial charge in [0.2, 0.25) is 11.8 Å². The summed E-state index contributed by atoms with van der Waals surface area (Å²) in [5.74, 6) is 1.44.